The summed E-state index contributed by atoms with van der Waals surface area (Å²) in [6.45, 7) is 1.34. The minimum Gasteiger partial charge on any atom is -0.493 e. The molecule has 110 valence electrons. The predicted molar refractivity (Wildman–Crippen MR) is 77.0 cm³/mol. The molecule has 20 heavy (non-hydrogen) atoms. The van der Waals surface area contributed by atoms with Gasteiger partial charge in [0.05, 0.1) is 7.11 Å². The maximum atomic E-state index is 11.7. The molecule has 5 nitrogen and oxygen atoms in total. The third-order valence-corrected chi connectivity index (χ3v) is 3.30. The maximum Gasteiger partial charge on any atom is 0.257 e. The van der Waals surface area contributed by atoms with Gasteiger partial charge >= 0.3 is 0 Å². The first-order valence-electron chi connectivity index (χ1n) is 6.99. The van der Waals surface area contributed by atoms with Gasteiger partial charge in [0.1, 0.15) is 0 Å². The second kappa shape index (κ2) is 7.14. The molecule has 0 aliphatic heterocycles. The van der Waals surface area contributed by atoms with Crippen molar-refractivity contribution in [2.75, 3.05) is 26.8 Å². The second-order valence-corrected chi connectivity index (χ2v) is 5.06. The number of methoxy groups -OCH3 is 1. The molecule has 0 radical (unpaired) electrons. The number of nitrogens with two attached hydrogens (primary N) is 1. The van der Waals surface area contributed by atoms with E-state index in [0.29, 0.717) is 24.0 Å². The molecule has 1 amide bonds. The molecule has 2 rings (SSSR count). The van der Waals surface area contributed by atoms with Gasteiger partial charge < -0.3 is 20.5 Å². The predicted octanol–water partition coefficient (Wildman–Crippen LogP) is 1.10. The maximum absolute atomic E-state index is 11.7. The molecule has 3 N–H and O–H groups in total. The van der Waals surface area contributed by atoms with Crippen molar-refractivity contribution in [1.82, 2.24) is 5.32 Å². The number of hydrogen-bond acceptors (Lipinski definition) is 4. The smallest absolute Gasteiger partial charge is 0.257 e. The normalized spacial score (nSPS) is 13.9. The molecule has 0 aromatic heterocycles. The number of carbonyl (C=O) groups excluding carboxylic acids is 1. The molecule has 0 unspecified atom stereocenters. The zero-order valence-corrected chi connectivity index (χ0v) is 11.9. The van der Waals surface area contributed by atoms with Crippen LogP contribution in [0.3, 0.4) is 0 Å². The Balaban J connectivity index is 1.88. The van der Waals surface area contributed by atoms with Gasteiger partial charge in [-0.05, 0) is 49.4 Å². The number of nitrogens with one attached hydrogen (secondary N) is 1. The van der Waals surface area contributed by atoms with Crippen LogP contribution in [-0.4, -0.2) is 32.7 Å². The van der Waals surface area contributed by atoms with Crippen molar-refractivity contribution in [1.29, 1.82) is 0 Å². The highest BCUT2D eigenvalue weighted by Crippen LogP contribution is 2.28. The first-order chi connectivity index (χ1) is 9.72. The number of hydrogen-bond donors (Lipinski definition) is 2. The lowest BCUT2D eigenvalue weighted by Gasteiger charge is -2.12. The fraction of sp³-hybridized carbons (Fsp3) is 0.533. The van der Waals surface area contributed by atoms with Gasteiger partial charge in [-0.1, -0.05) is 6.07 Å². The minimum absolute atomic E-state index is 0.00909. The van der Waals surface area contributed by atoms with Crippen molar-refractivity contribution in [2.24, 2.45) is 11.7 Å². The lowest BCUT2D eigenvalue weighted by atomic mass is 10.1. The monoisotopic (exact) mass is 278 g/mol. The summed E-state index contributed by atoms with van der Waals surface area (Å²) in [5, 5.41) is 2.87. The largest absolute Gasteiger partial charge is 0.493 e. The molecule has 5 heteroatoms. The molecule has 1 aromatic carbocycles. The molecule has 1 saturated carbocycles. The van der Waals surface area contributed by atoms with Gasteiger partial charge in [-0.15, -0.1) is 0 Å². The van der Waals surface area contributed by atoms with Gasteiger partial charge in [-0.3, -0.25) is 4.79 Å². The standard InChI is InChI=1S/C15H22N2O3/c1-19-13-5-4-11(6-7-16)8-14(13)20-10-15(18)17-9-12-2-3-12/h4-5,8,12H,2-3,6-7,9-10,16H2,1H3,(H,17,18). The van der Waals surface area contributed by atoms with Crippen LogP contribution in [0.4, 0.5) is 0 Å². The van der Waals surface area contributed by atoms with E-state index in [-0.39, 0.29) is 12.5 Å². The summed E-state index contributed by atoms with van der Waals surface area (Å²) in [5.74, 6) is 1.78. The van der Waals surface area contributed by atoms with E-state index in [4.69, 9.17) is 15.2 Å². The van der Waals surface area contributed by atoms with E-state index in [2.05, 4.69) is 5.32 Å². The van der Waals surface area contributed by atoms with Crippen LogP contribution in [0.15, 0.2) is 18.2 Å². The molecule has 0 heterocycles. The van der Waals surface area contributed by atoms with E-state index in [0.717, 1.165) is 18.5 Å². The van der Waals surface area contributed by atoms with E-state index in [1.54, 1.807) is 7.11 Å². The van der Waals surface area contributed by atoms with Crippen molar-refractivity contribution in [3.05, 3.63) is 23.8 Å². The van der Waals surface area contributed by atoms with Crippen LogP contribution in [0, 0.1) is 5.92 Å². The average Bonchev–Trinajstić information content (AvgIpc) is 3.27. The Morgan fingerprint density at radius 3 is 2.85 bits per heavy atom. The second-order valence-electron chi connectivity index (χ2n) is 5.06. The number of carbonyl (C=O) groups is 1. The van der Waals surface area contributed by atoms with Crippen molar-refractivity contribution in [3.63, 3.8) is 0 Å². The lowest BCUT2D eigenvalue weighted by Crippen LogP contribution is -2.30. The third-order valence-electron chi connectivity index (χ3n) is 3.30. The third kappa shape index (κ3) is 4.42. The highest BCUT2D eigenvalue weighted by Gasteiger charge is 2.21. The quantitative estimate of drug-likeness (QED) is 0.747. The Hall–Kier alpha value is -1.75. The van der Waals surface area contributed by atoms with Crippen molar-refractivity contribution >= 4 is 5.91 Å². The Labute approximate surface area is 119 Å². The van der Waals surface area contributed by atoms with E-state index in [1.165, 1.54) is 12.8 Å². The fourth-order valence-corrected chi connectivity index (χ4v) is 1.93. The number of rotatable bonds is 8. The average molecular weight is 278 g/mol. The van der Waals surface area contributed by atoms with E-state index in [9.17, 15) is 4.79 Å². The molecule has 1 aromatic rings. The molecule has 1 fully saturated rings. The van der Waals surface area contributed by atoms with Gasteiger partial charge in [-0.2, -0.15) is 0 Å². The van der Waals surface area contributed by atoms with Gasteiger partial charge in [0.2, 0.25) is 0 Å². The highest BCUT2D eigenvalue weighted by molar-refractivity contribution is 5.77. The van der Waals surface area contributed by atoms with Crippen LogP contribution in [0.1, 0.15) is 18.4 Å². The summed E-state index contributed by atoms with van der Waals surface area (Å²) in [4.78, 5) is 11.7. The summed E-state index contributed by atoms with van der Waals surface area (Å²) in [7, 11) is 1.58. The molecule has 0 saturated heterocycles. The lowest BCUT2D eigenvalue weighted by molar-refractivity contribution is -0.123. The van der Waals surface area contributed by atoms with Crippen LogP contribution in [0.25, 0.3) is 0 Å². The van der Waals surface area contributed by atoms with Crippen molar-refractivity contribution < 1.29 is 14.3 Å². The summed E-state index contributed by atoms with van der Waals surface area (Å²) in [6, 6.07) is 5.66. The molecule has 0 spiro atoms. The zero-order chi connectivity index (χ0) is 14.4. The number of benzene rings is 1. The van der Waals surface area contributed by atoms with Gasteiger partial charge in [0.15, 0.2) is 18.1 Å². The molecule has 1 aliphatic rings. The molecule has 1 aliphatic carbocycles. The van der Waals surface area contributed by atoms with E-state index in [1.807, 2.05) is 18.2 Å². The molecule has 0 bridgehead atoms. The molecular formula is C15H22N2O3. The highest BCUT2D eigenvalue weighted by atomic mass is 16.5. The summed E-state index contributed by atoms with van der Waals surface area (Å²) in [6.07, 6.45) is 3.21. The fourth-order valence-electron chi connectivity index (χ4n) is 1.93. The van der Waals surface area contributed by atoms with Gasteiger partial charge in [0.25, 0.3) is 5.91 Å². The first kappa shape index (κ1) is 14.7. The Kier molecular flexibility index (Phi) is 5.24. The summed E-state index contributed by atoms with van der Waals surface area (Å²) < 4.78 is 10.8. The number of amides is 1. The van der Waals surface area contributed by atoms with Crippen LogP contribution in [0.5, 0.6) is 11.5 Å². The SMILES string of the molecule is COc1ccc(CCN)cc1OCC(=O)NCC1CC1. The van der Waals surface area contributed by atoms with Gasteiger partial charge in [0, 0.05) is 6.54 Å². The Bertz CT molecular complexity index is 458. The van der Waals surface area contributed by atoms with Crippen LogP contribution >= 0.6 is 0 Å². The van der Waals surface area contributed by atoms with Crippen LogP contribution in [-0.2, 0) is 11.2 Å². The Morgan fingerprint density at radius 2 is 2.20 bits per heavy atom. The van der Waals surface area contributed by atoms with E-state index >= 15 is 0 Å². The van der Waals surface area contributed by atoms with Crippen LogP contribution in [0.2, 0.25) is 0 Å². The van der Waals surface area contributed by atoms with E-state index < -0.39 is 0 Å². The van der Waals surface area contributed by atoms with Crippen LogP contribution < -0.4 is 20.5 Å². The first-order valence-corrected chi connectivity index (χ1v) is 6.99. The molecule has 0 atom stereocenters. The minimum atomic E-state index is -0.0943. The number of ether oxygens (including phenoxy) is 2. The summed E-state index contributed by atoms with van der Waals surface area (Å²) in [5.41, 5.74) is 6.61. The van der Waals surface area contributed by atoms with Crippen molar-refractivity contribution in [2.45, 2.75) is 19.3 Å². The summed E-state index contributed by atoms with van der Waals surface area (Å²) >= 11 is 0. The van der Waals surface area contributed by atoms with Gasteiger partial charge in [-0.25, -0.2) is 0 Å². The molecular weight excluding hydrogens is 256 g/mol. The Morgan fingerprint density at radius 1 is 1.40 bits per heavy atom. The topological polar surface area (TPSA) is 73.6 Å². The van der Waals surface area contributed by atoms with Crippen molar-refractivity contribution in [3.8, 4) is 11.5 Å². The zero-order valence-electron chi connectivity index (χ0n) is 11.9.